The predicted octanol–water partition coefficient (Wildman–Crippen LogP) is 4.92. The number of hydrogen-bond donors (Lipinski definition) is 2. The van der Waals surface area contributed by atoms with Gasteiger partial charge in [-0.15, -0.1) is 0 Å². The van der Waals surface area contributed by atoms with E-state index >= 15 is 0 Å². The Morgan fingerprint density at radius 3 is 2.67 bits per heavy atom. The zero-order chi connectivity index (χ0) is 16.7. The Kier molecular flexibility index (Phi) is 3.68. The van der Waals surface area contributed by atoms with Crippen LogP contribution in [0.1, 0.15) is 53.9 Å². The summed E-state index contributed by atoms with van der Waals surface area (Å²) in [5.41, 5.74) is 5.03. The second-order valence-corrected chi connectivity index (χ2v) is 6.78. The van der Waals surface area contributed by atoms with E-state index < -0.39 is 5.97 Å². The smallest absolute Gasteiger partial charge is 0.335 e. The van der Waals surface area contributed by atoms with Crippen molar-refractivity contribution in [3.05, 3.63) is 47.7 Å². The molecule has 0 spiro atoms. The normalized spacial score (nSPS) is 15.9. The number of fused-ring (bicyclic) bond motifs is 1. The van der Waals surface area contributed by atoms with Gasteiger partial charge in [-0.2, -0.15) is 0 Å². The average molecular weight is 322 g/mol. The second kappa shape index (κ2) is 5.86. The van der Waals surface area contributed by atoms with E-state index in [0.29, 0.717) is 11.5 Å². The van der Waals surface area contributed by atoms with Crippen LogP contribution in [0.4, 0.5) is 0 Å². The lowest BCUT2D eigenvalue weighted by atomic mass is 9.82. The number of rotatable bonds is 3. The summed E-state index contributed by atoms with van der Waals surface area (Å²) in [4.78, 5) is 14.7. The van der Waals surface area contributed by atoms with Crippen molar-refractivity contribution in [2.24, 2.45) is 7.05 Å². The minimum absolute atomic E-state index is 0.344. The third-order valence-corrected chi connectivity index (χ3v) is 5.35. The first-order valence-corrected chi connectivity index (χ1v) is 8.66. The zero-order valence-corrected chi connectivity index (χ0v) is 13.9. The molecule has 0 radical (unpaired) electrons. The number of carboxylic acids is 1. The van der Waals surface area contributed by atoms with Crippen molar-refractivity contribution >= 4 is 16.9 Å². The lowest BCUT2D eigenvalue weighted by Crippen LogP contribution is -2.06. The van der Waals surface area contributed by atoms with Gasteiger partial charge in [0.15, 0.2) is 0 Å². The Morgan fingerprint density at radius 1 is 1.21 bits per heavy atom. The first kappa shape index (κ1) is 15.1. The number of aryl methyl sites for hydroxylation is 1. The lowest BCUT2D eigenvalue weighted by Gasteiger charge is -2.23. The molecule has 1 saturated carbocycles. The van der Waals surface area contributed by atoms with Crippen molar-refractivity contribution in [3.63, 3.8) is 0 Å². The molecule has 0 unspecified atom stereocenters. The minimum atomic E-state index is -0.876. The molecule has 4 heteroatoms. The average Bonchev–Trinajstić information content (AvgIpc) is 3.22. The summed E-state index contributed by atoms with van der Waals surface area (Å²) >= 11 is 0. The molecule has 2 aromatic heterocycles. The quantitative estimate of drug-likeness (QED) is 0.719. The maximum atomic E-state index is 11.4. The highest BCUT2D eigenvalue weighted by molar-refractivity contribution is 5.97. The Hall–Kier alpha value is -2.49. The molecule has 1 fully saturated rings. The number of carboxylic acid groups (broad SMARTS) is 1. The number of hydrogen-bond acceptors (Lipinski definition) is 1. The molecule has 4 rings (SSSR count). The van der Waals surface area contributed by atoms with Crippen LogP contribution in [0.3, 0.4) is 0 Å². The monoisotopic (exact) mass is 322 g/mol. The first-order valence-electron chi connectivity index (χ1n) is 8.66. The molecular weight excluding hydrogens is 300 g/mol. The highest BCUT2D eigenvalue weighted by atomic mass is 16.4. The number of nitrogens with one attached hydrogen (secondary N) is 1. The fourth-order valence-corrected chi connectivity index (χ4v) is 4.21. The van der Waals surface area contributed by atoms with Gasteiger partial charge in [0, 0.05) is 24.1 Å². The Morgan fingerprint density at radius 2 is 2.00 bits per heavy atom. The molecule has 0 amide bonds. The maximum Gasteiger partial charge on any atom is 0.335 e. The molecule has 24 heavy (non-hydrogen) atoms. The van der Waals surface area contributed by atoms with E-state index in [1.165, 1.54) is 48.7 Å². The van der Waals surface area contributed by atoms with Gasteiger partial charge in [-0.25, -0.2) is 4.79 Å². The molecule has 4 nitrogen and oxygen atoms in total. The number of benzene rings is 1. The van der Waals surface area contributed by atoms with Gasteiger partial charge in [-0.3, -0.25) is 0 Å². The summed E-state index contributed by atoms with van der Waals surface area (Å²) < 4.78 is 2.15. The van der Waals surface area contributed by atoms with Gasteiger partial charge >= 0.3 is 5.97 Å². The predicted molar refractivity (Wildman–Crippen MR) is 95.5 cm³/mol. The fourth-order valence-electron chi connectivity index (χ4n) is 4.21. The molecule has 0 bridgehead atoms. The molecule has 0 saturated heterocycles. The maximum absolute atomic E-state index is 11.4. The lowest BCUT2D eigenvalue weighted by molar-refractivity contribution is 0.0697. The number of aromatic amines is 1. The molecule has 2 N–H and O–H groups in total. The van der Waals surface area contributed by atoms with Crippen molar-refractivity contribution in [3.8, 4) is 11.4 Å². The van der Waals surface area contributed by atoms with Crippen LogP contribution in [-0.2, 0) is 7.05 Å². The van der Waals surface area contributed by atoms with Crippen LogP contribution in [0.2, 0.25) is 0 Å². The highest BCUT2D eigenvalue weighted by Crippen LogP contribution is 2.43. The van der Waals surface area contributed by atoms with Crippen molar-refractivity contribution in [2.45, 2.75) is 38.0 Å². The van der Waals surface area contributed by atoms with Gasteiger partial charge in [0.1, 0.15) is 0 Å². The molecule has 1 aliphatic carbocycles. The Labute approximate surface area is 141 Å². The third-order valence-electron chi connectivity index (χ3n) is 5.35. The number of aromatic carboxylic acids is 1. The Bertz CT molecular complexity index is 884. The first-order chi connectivity index (χ1) is 11.7. The van der Waals surface area contributed by atoms with Gasteiger partial charge in [0.05, 0.1) is 17.0 Å². The summed E-state index contributed by atoms with van der Waals surface area (Å²) in [5.74, 6) is -0.324. The van der Waals surface area contributed by atoms with E-state index in [-0.39, 0.29) is 0 Å². The standard InChI is InChI=1S/C20H22N2O2/c1-22-17-12-14(20(23)24)9-10-15(17)18(13-6-3-2-4-7-13)19(22)16-8-5-11-21-16/h5,8-13,21H,2-4,6-7H2,1H3,(H,23,24). The van der Waals surface area contributed by atoms with Crippen LogP contribution in [0.25, 0.3) is 22.3 Å². The van der Waals surface area contributed by atoms with Gasteiger partial charge < -0.3 is 14.7 Å². The zero-order valence-electron chi connectivity index (χ0n) is 13.9. The number of H-pyrrole nitrogens is 1. The molecule has 124 valence electrons. The number of aromatic nitrogens is 2. The summed E-state index contributed by atoms with van der Waals surface area (Å²) in [6.45, 7) is 0. The van der Waals surface area contributed by atoms with Gasteiger partial charge in [-0.1, -0.05) is 25.3 Å². The van der Waals surface area contributed by atoms with E-state index in [1.807, 2.05) is 25.4 Å². The molecule has 2 heterocycles. The summed E-state index contributed by atoms with van der Waals surface area (Å²) in [6.07, 6.45) is 8.25. The van der Waals surface area contributed by atoms with E-state index in [4.69, 9.17) is 0 Å². The van der Waals surface area contributed by atoms with Crippen molar-refractivity contribution in [1.29, 1.82) is 0 Å². The third kappa shape index (κ3) is 2.33. The molecule has 3 aromatic rings. The summed E-state index contributed by atoms with van der Waals surface area (Å²) in [6, 6.07) is 9.64. The van der Waals surface area contributed by atoms with Gasteiger partial charge in [0.25, 0.3) is 0 Å². The minimum Gasteiger partial charge on any atom is -0.478 e. The largest absolute Gasteiger partial charge is 0.478 e. The van der Waals surface area contributed by atoms with E-state index in [0.717, 1.165) is 11.2 Å². The SMILES string of the molecule is Cn1c(-c2ccc[nH]2)c(C2CCCCC2)c2ccc(C(=O)O)cc21. The number of carbonyl (C=O) groups is 1. The van der Waals surface area contributed by atoms with Crippen molar-refractivity contribution < 1.29 is 9.90 Å². The van der Waals surface area contributed by atoms with Gasteiger partial charge in [0.2, 0.25) is 0 Å². The highest BCUT2D eigenvalue weighted by Gasteiger charge is 2.26. The van der Waals surface area contributed by atoms with Crippen LogP contribution < -0.4 is 0 Å². The fraction of sp³-hybridized carbons (Fsp3) is 0.350. The summed E-state index contributed by atoms with van der Waals surface area (Å²) in [7, 11) is 2.04. The van der Waals surface area contributed by atoms with E-state index in [2.05, 4.69) is 15.6 Å². The molecule has 1 aliphatic rings. The van der Waals surface area contributed by atoms with Crippen LogP contribution in [0.5, 0.6) is 0 Å². The van der Waals surface area contributed by atoms with Crippen molar-refractivity contribution in [2.75, 3.05) is 0 Å². The molecule has 0 atom stereocenters. The molecule has 1 aromatic carbocycles. The van der Waals surface area contributed by atoms with Gasteiger partial charge in [-0.05, 0) is 48.6 Å². The van der Waals surface area contributed by atoms with Crippen LogP contribution in [0, 0.1) is 0 Å². The number of nitrogens with zero attached hydrogens (tertiary/aromatic N) is 1. The topological polar surface area (TPSA) is 58.0 Å². The van der Waals surface area contributed by atoms with E-state index in [9.17, 15) is 9.90 Å². The van der Waals surface area contributed by atoms with Crippen LogP contribution in [0.15, 0.2) is 36.5 Å². The van der Waals surface area contributed by atoms with Crippen LogP contribution in [-0.4, -0.2) is 20.6 Å². The van der Waals surface area contributed by atoms with E-state index in [1.54, 1.807) is 12.1 Å². The van der Waals surface area contributed by atoms with Crippen LogP contribution >= 0.6 is 0 Å². The molecule has 0 aliphatic heterocycles. The Balaban J connectivity index is 1.99. The van der Waals surface area contributed by atoms with Crippen molar-refractivity contribution in [1.82, 2.24) is 9.55 Å². The molecular formula is C20H22N2O2. The summed E-state index contributed by atoms with van der Waals surface area (Å²) in [5, 5.41) is 10.5. The second-order valence-electron chi connectivity index (χ2n) is 6.78.